The minimum atomic E-state index is 0. The molecular formula is C17H23ClN6O. The molecule has 0 bridgehead atoms. The Morgan fingerprint density at radius 1 is 1.40 bits per heavy atom. The summed E-state index contributed by atoms with van der Waals surface area (Å²) in [5.41, 5.74) is 1.96. The monoisotopic (exact) mass is 362 g/mol. The quantitative estimate of drug-likeness (QED) is 0.870. The summed E-state index contributed by atoms with van der Waals surface area (Å²) in [6.45, 7) is 4.76. The number of aromatic nitrogens is 4. The lowest BCUT2D eigenvalue weighted by molar-refractivity contribution is -0.118. The number of carbonyl (C=O) groups is 1. The van der Waals surface area contributed by atoms with Crippen molar-refractivity contribution in [2.45, 2.75) is 32.7 Å². The molecule has 25 heavy (non-hydrogen) atoms. The molecule has 7 nitrogen and oxygen atoms in total. The number of aryl methyl sites for hydroxylation is 1. The number of nitrogens with zero attached hydrogens (tertiary/aromatic N) is 4. The highest BCUT2D eigenvalue weighted by Gasteiger charge is 2.57. The number of rotatable bonds is 4. The molecule has 8 heteroatoms. The van der Waals surface area contributed by atoms with E-state index < -0.39 is 0 Å². The molecule has 2 aromatic rings. The second-order valence-electron chi connectivity index (χ2n) is 6.76. The van der Waals surface area contributed by atoms with Gasteiger partial charge >= 0.3 is 0 Å². The Morgan fingerprint density at radius 2 is 2.20 bits per heavy atom. The molecule has 2 heterocycles. The predicted molar refractivity (Wildman–Crippen MR) is 97.4 cm³/mol. The lowest BCUT2D eigenvalue weighted by atomic mass is 9.92. The van der Waals surface area contributed by atoms with Crippen LogP contribution in [0.5, 0.6) is 0 Å². The van der Waals surface area contributed by atoms with E-state index in [1.807, 2.05) is 31.2 Å². The van der Waals surface area contributed by atoms with Crippen LogP contribution in [0.2, 0.25) is 0 Å². The zero-order valence-corrected chi connectivity index (χ0v) is 15.1. The van der Waals surface area contributed by atoms with Gasteiger partial charge in [-0.1, -0.05) is 12.1 Å². The van der Waals surface area contributed by atoms with Gasteiger partial charge in [0.2, 0.25) is 5.91 Å². The first-order chi connectivity index (χ1) is 11.7. The van der Waals surface area contributed by atoms with Crippen molar-refractivity contribution in [3.8, 4) is 11.4 Å². The largest absolute Gasteiger partial charge is 0.326 e. The summed E-state index contributed by atoms with van der Waals surface area (Å²) in [6.07, 6.45) is 3.24. The van der Waals surface area contributed by atoms with E-state index >= 15 is 0 Å². The SMILES string of the molecule is CCn1nnnc1-c1cccc(NC(=O)C2CC23CCNCC3)c1.Cl. The fourth-order valence-electron chi connectivity index (χ4n) is 3.79. The van der Waals surface area contributed by atoms with Crippen LogP contribution < -0.4 is 10.6 Å². The summed E-state index contributed by atoms with van der Waals surface area (Å²) >= 11 is 0. The summed E-state index contributed by atoms with van der Waals surface area (Å²) in [6, 6.07) is 7.73. The number of tetrazole rings is 1. The first-order valence-electron chi connectivity index (χ1n) is 8.60. The molecule has 0 radical (unpaired) electrons. The van der Waals surface area contributed by atoms with Gasteiger partial charge in [-0.05, 0) is 67.3 Å². The van der Waals surface area contributed by atoms with Crippen molar-refractivity contribution >= 4 is 24.0 Å². The van der Waals surface area contributed by atoms with Crippen LogP contribution >= 0.6 is 12.4 Å². The molecule has 1 aliphatic heterocycles. The van der Waals surface area contributed by atoms with Gasteiger partial charge in [-0.2, -0.15) is 0 Å². The lowest BCUT2D eigenvalue weighted by Gasteiger charge is -2.23. The van der Waals surface area contributed by atoms with Gasteiger partial charge in [0.15, 0.2) is 5.82 Å². The van der Waals surface area contributed by atoms with E-state index in [1.165, 1.54) is 0 Å². The first kappa shape index (κ1) is 17.8. The standard InChI is InChI=1S/C17H22N6O.ClH/c1-2-23-15(20-21-22-23)12-4-3-5-13(10-12)19-16(24)14-11-17(14)6-8-18-9-7-17;/h3-5,10,14,18H,2,6-9,11H2,1H3,(H,19,24);1H. The molecule has 1 aromatic heterocycles. The summed E-state index contributed by atoms with van der Waals surface area (Å²) in [5.74, 6) is 1.02. The Balaban J connectivity index is 0.00000182. The van der Waals surface area contributed by atoms with Gasteiger partial charge in [0.05, 0.1) is 0 Å². The Kier molecular flexibility index (Phi) is 5.06. The van der Waals surface area contributed by atoms with Crippen molar-refractivity contribution < 1.29 is 4.79 Å². The zero-order chi connectivity index (χ0) is 16.6. The van der Waals surface area contributed by atoms with Crippen molar-refractivity contribution in [1.29, 1.82) is 0 Å². The van der Waals surface area contributed by atoms with E-state index in [0.29, 0.717) is 6.54 Å². The molecule has 1 amide bonds. The number of carbonyl (C=O) groups excluding carboxylic acids is 1. The molecule has 4 rings (SSSR count). The third-order valence-electron chi connectivity index (χ3n) is 5.33. The van der Waals surface area contributed by atoms with E-state index in [4.69, 9.17) is 0 Å². The van der Waals surface area contributed by atoms with Gasteiger partial charge in [0.1, 0.15) is 0 Å². The minimum Gasteiger partial charge on any atom is -0.326 e. The highest BCUT2D eigenvalue weighted by atomic mass is 35.5. The Bertz CT molecular complexity index is 755. The summed E-state index contributed by atoms with van der Waals surface area (Å²) < 4.78 is 1.74. The van der Waals surface area contributed by atoms with Crippen LogP contribution in [0.4, 0.5) is 5.69 Å². The van der Waals surface area contributed by atoms with Crippen molar-refractivity contribution in [2.24, 2.45) is 11.3 Å². The molecule has 1 unspecified atom stereocenters. The summed E-state index contributed by atoms with van der Waals surface area (Å²) in [7, 11) is 0. The molecule has 1 spiro atoms. The maximum atomic E-state index is 12.6. The lowest BCUT2D eigenvalue weighted by Crippen LogP contribution is -2.31. The number of halogens is 1. The molecule has 134 valence electrons. The van der Waals surface area contributed by atoms with Crippen LogP contribution in [0.15, 0.2) is 24.3 Å². The molecule has 1 aromatic carbocycles. The molecule has 1 saturated heterocycles. The maximum Gasteiger partial charge on any atom is 0.228 e. The number of anilines is 1. The number of amides is 1. The fraction of sp³-hybridized carbons (Fsp3) is 0.529. The first-order valence-corrected chi connectivity index (χ1v) is 8.60. The second-order valence-corrected chi connectivity index (χ2v) is 6.76. The topological polar surface area (TPSA) is 84.7 Å². The Morgan fingerprint density at radius 3 is 2.96 bits per heavy atom. The van der Waals surface area contributed by atoms with Gasteiger partial charge in [-0.3, -0.25) is 4.79 Å². The second kappa shape index (κ2) is 7.09. The van der Waals surface area contributed by atoms with Crippen LogP contribution in [0.25, 0.3) is 11.4 Å². The van der Waals surface area contributed by atoms with E-state index in [9.17, 15) is 4.79 Å². The molecule has 2 N–H and O–H groups in total. The van der Waals surface area contributed by atoms with E-state index in [2.05, 4.69) is 26.2 Å². The third-order valence-corrected chi connectivity index (χ3v) is 5.33. The predicted octanol–water partition coefficient (Wildman–Crippen LogP) is 2.11. The minimum absolute atomic E-state index is 0. The van der Waals surface area contributed by atoms with Crippen LogP contribution in [0.1, 0.15) is 26.2 Å². The van der Waals surface area contributed by atoms with Crippen molar-refractivity contribution in [1.82, 2.24) is 25.5 Å². The number of benzene rings is 1. The van der Waals surface area contributed by atoms with E-state index in [0.717, 1.165) is 49.4 Å². The smallest absolute Gasteiger partial charge is 0.228 e. The van der Waals surface area contributed by atoms with Crippen LogP contribution in [0, 0.1) is 11.3 Å². The maximum absolute atomic E-state index is 12.6. The molecular weight excluding hydrogens is 340 g/mol. The van der Waals surface area contributed by atoms with Gasteiger partial charge in [0, 0.05) is 23.7 Å². The Labute approximate surface area is 153 Å². The fourth-order valence-corrected chi connectivity index (χ4v) is 3.79. The van der Waals surface area contributed by atoms with Crippen molar-refractivity contribution in [3.05, 3.63) is 24.3 Å². The van der Waals surface area contributed by atoms with Gasteiger partial charge in [0.25, 0.3) is 0 Å². The average molecular weight is 363 g/mol. The van der Waals surface area contributed by atoms with Crippen molar-refractivity contribution in [2.75, 3.05) is 18.4 Å². The van der Waals surface area contributed by atoms with E-state index in [-0.39, 0.29) is 29.6 Å². The number of hydrogen-bond donors (Lipinski definition) is 2. The van der Waals surface area contributed by atoms with Gasteiger partial charge in [-0.25, -0.2) is 4.68 Å². The third kappa shape index (κ3) is 3.39. The van der Waals surface area contributed by atoms with Crippen LogP contribution in [-0.2, 0) is 11.3 Å². The Hall–Kier alpha value is -1.99. The molecule has 1 saturated carbocycles. The summed E-state index contributed by atoms with van der Waals surface area (Å²) in [5, 5.41) is 18.2. The van der Waals surface area contributed by atoms with Gasteiger partial charge in [-0.15, -0.1) is 17.5 Å². The summed E-state index contributed by atoms with van der Waals surface area (Å²) in [4.78, 5) is 12.6. The number of hydrogen-bond acceptors (Lipinski definition) is 5. The highest BCUT2D eigenvalue weighted by molar-refractivity contribution is 5.95. The zero-order valence-electron chi connectivity index (χ0n) is 14.2. The molecule has 1 atom stereocenters. The van der Waals surface area contributed by atoms with Crippen molar-refractivity contribution in [3.63, 3.8) is 0 Å². The van der Waals surface area contributed by atoms with Crippen LogP contribution in [-0.4, -0.2) is 39.2 Å². The average Bonchev–Trinajstić information content (AvgIpc) is 3.08. The molecule has 2 aliphatic rings. The molecule has 1 aliphatic carbocycles. The molecule has 2 fully saturated rings. The number of piperidine rings is 1. The normalized spacial score (nSPS) is 20.8. The van der Waals surface area contributed by atoms with Gasteiger partial charge < -0.3 is 10.6 Å². The highest BCUT2D eigenvalue weighted by Crippen LogP contribution is 2.58. The number of nitrogens with one attached hydrogen (secondary N) is 2. The van der Waals surface area contributed by atoms with E-state index in [1.54, 1.807) is 4.68 Å². The van der Waals surface area contributed by atoms with Crippen LogP contribution in [0.3, 0.4) is 0 Å².